The summed E-state index contributed by atoms with van der Waals surface area (Å²) in [6.07, 6.45) is 3.18. The third kappa shape index (κ3) is 5.74. The van der Waals surface area contributed by atoms with Gasteiger partial charge in [0.25, 0.3) is 0 Å². The molecule has 1 fully saturated rings. The molecule has 1 aliphatic heterocycles. The molecule has 5 nitrogen and oxygen atoms in total. The number of hydrogen-bond acceptors (Lipinski definition) is 3. The number of likely N-dealkylation sites (tertiary alicyclic amines) is 1. The molecule has 1 aliphatic rings. The maximum absolute atomic E-state index is 12.1. The van der Waals surface area contributed by atoms with E-state index in [9.17, 15) is 9.00 Å². The molecule has 1 saturated heterocycles. The lowest BCUT2D eigenvalue weighted by Gasteiger charge is -2.29. The Morgan fingerprint density at radius 1 is 1.29 bits per heavy atom. The second-order valence-corrected chi connectivity index (χ2v) is 8.91. The van der Waals surface area contributed by atoms with Crippen LogP contribution in [0, 0.1) is 5.92 Å². The van der Waals surface area contributed by atoms with Gasteiger partial charge in [0.1, 0.15) is 17.6 Å². The minimum absolute atomic E-state index is 0.271. The lowest BCUT2D eigenvalue weighted by atomic mass is 9.99. The average molecular weight is 350 g/mol. The van der Waals surface area contributed by atoms with Gasteiger partial charge in [-0.15, -0.1) is 0 Å². The molecule has 24 heavy (non-hydrogen) atoms. The van der Waals surface area contributed by atoms with E-state index in [1.165, 1.54) is 0 Å². The summed E-state index contributed by atoms with van der Waals surface area (Å²) in [7, 11) is -1.22. The highest BCUT2D eigenvalue weighted by molar-refractivity contribution is 7.85. The van der Waals surface area contributed by atoms with E-state index in [0.29, 0.717) is 19.7 Å². The van der Waals surface area contributed by atoms with E-state index in [4.69, 9.17) is 4.74 Å². The first-order valence-corrected chi connectivity index (χ1v) is 9.39. The van der Waals surface area contributed by atoms with Gasteiger partial charge in [-0.25, -0.2) is 9.00 Å². The van der Waals surface area contributed by atoms with Crippen LogP contribution in [0.15, 0.2) is 34.7 Å². The number of nitrogens with zero attached hydrogens (tertiary/aromatic N) is 2. The summed E-state index contributed by atoms with van der Waals surface area (Å²) in [4.78, 5) is 13.8. The van der Waals surface area contributed by atoms with E-state index in [1.54, 1.807) is 11.1 Å². The molecule has 0 aliphatic carbocycles. The third-order valence-electron chi connectivity index (χ3n) is 3.89. The fourth-order valence-corrected chi connectivity index (χ4v) is 2.94. The number of benzene rings is 1. The van der Waals surface area contributed by atoms with Gasteiger partial charge >= 0.3 is 6.09 Å². The van der Waals surface area contributed by atoms with Crippen LogP contribution >= 0.6 is 0 Å². The molecule has 0 saturated carbocycles. The summed E-state index contributed by atoms with van der Waals surface area (Å²) in [6, 6.07) is 9.66. The van der Waals surface area contributed by atoms with Gasteiger partial charge in [0, 0.05) is 19.3 Å². The molecule has 0 N–H and O–H groups in total. The van der Waals surface area contributed by atoms with Crippen molar-refractivity contribution in [1.82, 2.24) is 4.90 Å². The SMILES string of the molecule is CC(C)(C)[S@@](=O)N=CC1CCN(C(=O)OCc2ccccc2)CC1. The third-order valence-corrected chi connectivity index (χ3v) is 5.26. The first kappa shape index (κ1) is 18.6. The second kappa shape index (κ2) is 8.42. The van der Waals surface area contributed by atoms with E-state index in [-0.39, 0.29) is 16.8 Å². The summed E-state index contributed by atoms with van der Waals surface area (Å²) in [5, 5.41) is 0. The largest absolute Gasteiger partial charge is 0.445 e. The lowest BCUT2D eigenvalue weighted by molar-refractivity contribution is 0.0867. The number of carbonyl (C=O) groups is 1. The summed E-state index contributed by atoms with van der Waals surface area (Å²) in [5.74, 6) is 0.273. The van der Waals surface area contributed by atoms with Gasteiger partial charge < -0.3 is 9.64 Å². The van der Waals surface area contributed by atoms with Crippen molar-refractivity contribution >= 4 is 23.3 Å². The molecule has 0 aromatic heterocycles. The first-order valence-electron chi connectivity index (χ1n) is 8.28. The minimum Gasteiger partial charge on any atom is -0.445 e. The van der Waals surface area contributed by atoms with Crippen LogP contribution in [0.25, 0.3) is 0 Å². The molecule has 0 bridgehead atoms. The number of amides is 1. The maximum Gasteiger partial charge on any atom is 0.410 e. The predicted octanol–water partition coefficient (Wildman–Crippen LogP) is 3.57. The van der Waals surface area contributed by atoms with Crippen molar-refractivity contribution in [2.45, 2.75) is 45.0 Å². The topological polar surface area (TPSA) is 59.0 Å². The van der Waals surface area contributed by atoms with Gasteiger partial charge in [0.2, 0.25) is 0 Å². The van der Waals surface area contributed by atoms with Crippen LogP contribution in [-0.2, 0) is 22.3 Å². The Bertz CT molecular complexity index is 588. The smallest absolute Gasteiger partial charge is 0.410 e. The van der Waals surface area contributed by atoms with Crippen molar-refractivity contribution in [1.29, 1.82) is 0 Å². The van der Waals surface area contributed by atoms with Gasteiger partial charge in [-0.3, -0.25) is 0 Å². The average Bonchev–Trinajstić information content (AvgIpc) is 2.58. The zero-order chi connectivity index (χ0) is 17.6. The predicted molar refractivity (Wildman–Crippen MR) is 97.3 cm³/mol. The summed E-state index contributed by atoms with van der Waals surface area (Å²) in [5.41, 5.74) is 0.984. The normalized spacial score (nSPS) is 17.9. The van der Waals surface area contributed by atoms with Crippen molar-refractivity contribution in [3.63, 3.8) is 0 Å². The van der Waals surface area contributed by atoms with Gasteiger partial charge in [0.05, 0.1) is 4.75 Å². The Morgan fingerprint density at radius 2 is 1.92 bits per heavy atom. The Balaban J connectivity index is 1.75. The van der Waals surface area contributed by atoms with Gasteiger partial charge in [-0.2, -0.15) is 4.40 Å². The van der Waals surface area contributed by atoms with Crippen LogP contribution in [0.4, 0.5) is 4.79 Å². The molecule has 132 valence electrons. The molecule has 0 radical (unpaired) electrons. The van der Waals surface area contributed by atoms with Crippen LogP contribution < -0.4 is 0 Å². The fraction of sp³-hybridized carbons (Fsp3) is 0.556. The van der Waals surface area contributed by atoms with Crippen molar-refractivity contribution in [2.24, 2.45) is 10.3 Å². The van der Waals surface area contributed by atoms with Crippen molar-refractivity contribution < 1.29 is 13.7 Å². The molecule has 2 rings (SSSR count). The highest BCUT2D eigenvalue weighted by Crippen LogP contribution is 2.18. The minimum atomic E-state index is -1.22. The molecular weight excluding hydrogens is 324 g/mol. The Morgan fingerprint density at radius 3 is 2.50 bits per heavy atom. The van der Waals surface area contributed by atoms with E-state index < -0.39 is 11.0 Å². The molecule has 1 aromatic rings. The maximum atomic E-state index is 12.1. The monoisotopic (exact) mass is 350 g/mol. The summed E-state index contributed by atoms with van der Waals surface area (Å²) in [6.45, 7) is 7.31. The second-order valence-electron chi connectivity index (χ2n) is 6.98. The zero-order valence-corrected chi connectivity index (χ0v) is 15.4. The summed E-state index contributed by atoms with van der Waals surface area (Å²) >= 11 is 0. The number of hydrogen-bond donors (Lipinski definition) is 0. The van der Waals surface area contributed by atoms with Gasteiger partial charge in [0.15, 0.2) is 0 Å². The Hall–Kier alpha value is -1.69. The molecule has 0 spiro atoms. The summed E-state index contributed by atoms with van der Waals surface area (Å²) < 4.78 is 21.1. The first-order chi connectivity index (χ1) is 11.4. The molecule has 0 unspecified atom stereocenters. The number of carbonyl (C=O) groups excluding carboxylic acids is 1. The Kier molecular flexibility index (Phi) is 6.54. The van der Waals surface area contributed by atoms with Gasteiger partial charge in [-0.05, 0) is 45.1 Å². The number of piperidine rings is 1. The molecule has 6 heteroatoms. The molecule has 1 aromatic carbocycles. The van der Waals surface area contributed by atoms with E-state index in [1.807, 2.05) is 51.1 Å². The Labute approximate surface area is 146 Å². The van der Waals surface area contributed by atoms with Crippen LogP contribution in [0.3, 0.4) is 0 Å². The van der Waals surface area contributed by atoms with Crippen molar-refractivity contribution in [2.75, 3.05) is 13.1 Å². The van der Waals surface area contributed by atoms with Crippen molar-refractivity contribution in [3.8, 4) is 0 Å². The van der Waals surface area contributed by atoms with E-state index >= 15 is 0 Å². The standard InChI is InChI=1S/C18H26N2O3S/c1-18(2,3)24(22)19-13-15-9-11-20(12-10-15)17(21)23-14-16-7-5-4-6-8-16/h4-8,13,15H,9-12,14H2,1-3H3/t24-/m1/s1. The quantitative estimate of drug-likeness (QED) is 0.780. The van der Waals surface area contributed by atoms with E-state index in [2.05, 4.69) is 4.40 Å². The molecule has 1 heterocycles. The highest BCUT2D eigenvalue weighted by Gasteiger charge is 2.24. The van der Waals surface area contributed by atoms with Gasteiger partial charge in [-0.1, -0.05) is 30.3 Å². The zero-order valence-electron chi connectivity index (χ0n) is 14.6. The van der Waals surface area contributed by atoms with Crippen molar-refractivity contribution in [3.05, 3.63) is 35.9 Å². The highest BCUT2D eigenvalue weighted by atomic mass is 32.2. The van der Waals surface area contributed by atoms with Crippen LogP contribution in [-0.4, -0.2) is 39.3 Å². The van der Waals surface area contributed by atoms with E-state index in [0.717, 1.165) is 18.4 Å². The number of rotatable bonds is 4. The number of ether oxygens (including phenoxy) is 1. The molecular formula is C18H26N2O3S. The van der Waals surface area contributed by atoms with Crippen LogP contribution in [0.2, 0.25) is 0 Å². The lowest BCUT2D eigenvalue weighted by Crippen LogP contribution is -2.39. The van der Waals surface area contributed by atoms with Crippen LogP contribution in [0.5, 0.6) is 0 Å². The van der Waals surface area contributed by atoms with Crippen LogP contribution in [0.1, 0.15) is 39.2 Å². The molecule has 1 amide bonds. The fourth-order valence-electron chi connectivity index (χ4n) is 2.34. The molecule has 1 atom stereocenters.